The molecule has 1 aliphatic carbocycles. The number of rotatable bonds is 6. The number of nitrogens with zero attached hydrogens (tertiary/aromatic N) is 2. The summed E-state index contributed by atoms with van der Waals surface area (Å²) >= 11 is 0. The molecule has 25 heavy (non-hydrogen) atoms. The largest absolute Gasteiger partial charge is 0.314 e. The predicted molar refractivity (Wildman–Crippen MR) is 105 cm³/mol. The van der Waals surface area contributed by atoms with Crippen LogP contribution in [0.1, 0.15) is 51.0 Å². The fourth-order valence-electron chi connectivity index (χ4n) is 5.01. The van der Waals surface area contributed by atoms with Gasteiger partial charge in [-0.05, 0) is 83.1 Å². The minimum atomic E-state index is 0.510. The van der Waals surface area contributed by atoms with E-state index in [9.17, 15) is 0 Å². The van der Waals surface area contributed by atoms with E-state index in [0.717, 1.165) is 18.5 Å². The zero-order chi connectivity index (χ0) is 17.1. The Hall–Kier alpha value is -0.900. The SMILES string of the molecule is CC1(N2CCC2)CCC(NCC2CCN(Cc3ccccc3)C2)CC1. The average Bonchev–Trinajstić information content (AvgIpc) is 3.01. The Morgan fingerprint density at radius 3 is 2.48 bits per heavy atom. The summed E-state index contributed by atoms with van der Waals surface area (Å²) in [6, 6.07) is 11.7. The quantitative estimate of drug-likeness (QED) is 0.854. The molecule has 1 aromatic carbocycles. The Bertz CT molecular complexity index is 531. The Labute approximate surface area is 153 Å². The van der Waals surface area contributed by atoms with Crippen LogP contribution >= 0.6 is 0 Å². The zero-order valence-corrected chi connectivity index (χ0v) is 15.9. The fraction of sp³-hybridized carbons (Fsp3) is 0.727. The van der Waals surface area contributed by atoms with E-state index in [2.05, 4.69) is 52.4 Å². The highest BCUT2D eigenvalue weighted by molar-refractivity contribution is 5.14. The Morgan fingerprint density at radius 2 is 1.80 bits per heavy atom. The van der Waals surface area contributed by atoms with Crippen LogP contribution in [-0.4, -0.2) is 54.1 Å². The first kappa shape index (κ1) is 17.5. The summed E-state index contributed by atoms with van der Waals surface area (Å²) < 4.78 is 0. The smallest absolute Gasteiger partial charge is 0.0233 e. The summed E-state index contributed by atoms with van der Waals surface area (Å²) in [6.45, 7) is 10.0. The molecule has 1 saturated carbocycles. The van der Waals surface area contributed by atoms with E-state index in [4.69, 9.17) is 0 Å². The maximum Gasteiger partial charge on any atom is 0.0233 e. The van der Waals surface area contributed by atoms with Gasteiger partial charge in [-0.3, -0.25) is 9.80 Å². The van der Waals surface area contributed by atoms with Crippen LogP contribution in [0.15, 0.2) is 30.3 Å². The van der Waals surface area contributed by atoms with Crippen LogP contribution in [-0.2, 0) is 6.54 Å². The van der Waals surface area contributed by atoms with Crippen LogP contribution < -0.4 is 5.32 Å². The lowest BCUT2D eigenvalue weighted by Gasteiger charge is -2.50. The van der Waals surface area contributed by atoms with Crippen molar-refractivity contribution in [3.8, 4) is 0 Å². The maximum atomic E-state index is 3.92. The molecule has 3 nitrogen and oxygen atoms in total. The molecule has 3 aliphatic rings. The van der Waals surface area contributed by atoms with E-state index in [1.165, 1.54) is 76.8 Å². The predicted octanol–water partition coefficient (Wildman–Crippen LogP) is 3.51. The highest BCUT2D eigenvalue weighted by Gasteiger charge is 2.38. The average molecular weight is 342 g/mol. The van der Waals surface area contributed by atoms with E-state index in [0.29, 0.717) is 5.54 Å². The molecular weight excluding hydrogens is 306 g/mol. The Balaban J connectivity index is 1.16. The van der Waals surface area contributed by atoms with Gasteiger partial charge in [0.05, 0.1) is 0 Å². The van der Waals surface area contributed by atoms with Gasteiger partial charge in [0.25, 0.3) is 0 Å². The van der Waals surface area contributed by atoms with Gasteiger partial charge in [-0.25, -0.2) is 0 Å². The van der Waals surface area contributed by atoms with Crippen LogP contribution in [0.2, 0.25) is 0 Å². The zero-order valence-electron chi connectivity index (χ0n) is 15.9. The molecule has 138 valence electrons. The van der Waals surface area contributed by atoms with E-state index >= 15 is 0 Å². The second-order valence-electron chi connectivity index (χ2n) is 8.90. The van der Waals surface area contributed by atoms with Crippen molar-refractivity contribution in [3.63, 3.8) is 0 Å². The van der Waals surface area contributed by atoms with Gasteiger partial charge >= 0.3 is 0 Å². The Kier molecular flexibility index (Phi) is 5.44. The standard InChI is InChI=1S/C22H35N3/c1-22(25-13-5-14-25)11-8-21(9-12-22)23-16-20-10-15-24(18-20)17-19-6-3-2-4-7-19/h2-4,6-7,20-21,23H,5,8-18H2,1H3. The topological polar surface area (TPSA) is 18.5 Å². The highest BCUT2D eigenvalue weighted by atomic mass is 15.2. The first-order chi connectivity index (χ1) is 12.2. The van der Waals surface area contributed by atoms with Crippen molar-refractivity contribution in [2.45, 2.75) is 63.6 Å². The number of hydrogen-bond acceptors (Lipinski definition) is 3. The molecule has 1 unspecified atom stereocenters. The molecule has 2 aliphatic heterocycles. The van der Waals surface area contributed by atoms with Crippen molar-refractivity contribution in [1.82, 2.24) is 15.1 Å². The molecule has 1 N–H and O–H groups in total. The van der Waals surface area contributed by atoms with Crippen molar-refractivity contribution in [2.24, 2.45) is 5.92 Å². The first-order valence-electron chi connectivity index (χ1n) is 10.5. The number of benzene rings is 1. The van der Waals surface area contributed by atoms with Crippen molar-refractivity contribution in [2.75, 3.05) is 32.7 Å². The Morgan fingerprint density at radius 1 is 1.04 bits per heavy atom. The van der Waals surface area contributed by atoms with Crippen molar-refractivity contribution < 1.29 is 0 Å². The van der Waals surface area contributed by atoms with Gasteiger partial charge in [0.1, 0.15) is 0 Å². The molecule has 0 amide bonds. The van der Waals surface area contributed by atoms with Gasteiger partial charge in [-0.2, -0.15) is 0 Å². The van der Waals surface area contributed by atoms with Gasteiger partial charge in [0.15, 0.2) is 0 Å². The van der Waals surface area contributed by atoms with Gasteiger partial charge in [0.2, 0.25) is 0 Å². The van der Waals surface area contributed by atoms with E-state index in [1.807, 2.05) is 0 Å². The summed E-state index contributed by atoms with van der Waals surface area (Å²) in [4.78, 5) is 5.35. The van der Waals surface area contributed by atoms with Gasteiger partial charge in [0, 0.05) is 24.7 Å². The van der Waals surface area contributed by atoms with E-state index in [1.54, 1.807) is 0 Å². The number of hydrogen-bond donors (Lipinski definition) is 1. The minimum absolute atomic E-state index is 0.510. The van der Waals surface area contributed by atoms with Crippen LogP contribution in [0.5, 0.6) is 0 Å². The van der Waals surface area contributed by atoms with Gasteiger partial charge in [-0.1, -0.05) is 30.3 Å². The minimum Gasteiger partial charge on any atom is -0.314 e. The van der Waals surface area contributed by atoms with Crippen LogP contribution in [0.4, 0.5) is 0 Å². The van der Waals surface area contributed by atoms with Gasteiger partial charge in [-0.15, -0.1) is 0 Å². The lowest BCUT2D eigenvalue weighted by Crippen LogP contribution is -2.56. The van der Waals surface area contributed by atoms with E-state index in [-0.39, 0.29) is 0 Å². The fourth-order valence-corrected chi connectivity index (χ4v) is 5.01. The van der Waals surface area contributed by atoms with Gasteiger partial charge < -0.3 is 5.32 Å². The van der Waals surface area contributed by atoms with E-state index < -0.39 is 0 Å². The molecule has 4 rings (SSSR count). The molecule has 2 heterocycles. The molecule has 2 saturated heterocycles. The molecular formula is C22H35N3. The molecule has 0 spiro atoms. The molecule has 3 heteroatoms. The third kappa shape index (κ3) is 4.27. The lowest BCUT2D eigenvalue weighted by atomic mass is 9.78. The van der Waals surface area contributed by atoms with Crippen LogP contribution in [0, 0.1) is 5.92 Å². The molecule has 0 aromatic heterocycles. The first-order valence-corrected chi connectivity index (χ1v) is 10.5. The van der Waals surface area contributed by atoms with Crippen LogP contribution in [0.25, 0.3) is 0 Å². The summed E-state index contributed by atoms with van der Waals surface area (Å²) in [7, 11) is 0. The normalized spacial score (nSPS) is 34.1. The lowest BCUT2D eigenvalue weighted by molar-refractivity contribution is 0.00846. The maximum absolute atomic E-state index is 3.92. The number of likely N-dealkylation sites (tertiary alicyclic amines) is 2. The molecule has 3 fully saturated rings. The monoisotopic (exact) mass is 341 g/mol. The molecule has 1 aromatic rings. The van der Waals surface area contributed by atoms with Crippen molar-refractivity contribution in [1.29, 1.82) is 0 Å². The molecule has 0 bridgehead atoms. The molecule has 0 radical (unpaired) electrons. The summed E-state index contributed by atoms with van der Waals surface area (Å²) in [5.41, 5.74) is 1.96. The molecule has 1 atom stereocenters. The third-order valence-corrected chi connectivity index (χ3v) is 7.00. The second-order valence-corrected chi connectivity index (χ2v) is 8.90. The second kappa shape index (κ2) is 7.77. The third-order valence-electron chi connectivity index (χ3n) is 7.00. The summed E-state index contributed by atoms with van der Waals surface area (Å²) in [5, 5.41) is 3.92. The number of nitrogens with one attached hydrogen (secondary N) is 1. The highest BCUT2D eigenvalue weighted by Crippen LogP contribution is 2.36. The van der Waals surface area contributed by atoms with Crippen LogP contribution in [0.3, 0.4) is 0 Å². The van der Waals surface area contributed by atoms with Crippen molar-refractivity contribution >= 4 is 0 Å². The summed E-state index contributed by atoms with van der Waals surface area (Å²) in [5.74, 6) is 0.840. The summed E-state index contributed by atoms with van der Waals surface area (Å²) in [6.07, 6.45) is 8.28. The van der Waals surface area contributed by atoms with Crippen molar-refractivity contribution in [3.05, 3.63) is 35.9 Å².